The third-order valence-corrected chi connectivity index (χ3v) is 4.70. The lowest BCUT2D eigenvalue weighted by molar-refractivity contribution is 0.0952. The van der Waals surface area contributed by atoms with Crippen LogP contribution in [0.3, 0.4) is 0 Å². The number of carbonyl (C=O) groups is 1. The van der Waals surface area contributed by atoms with Crippen molar-refractivity contribution in [3.8, 4) is 0 Å². The van der Waals surface area contributed by atoms with Gasteiger partial charge in [0.25, 0.3) is 5.91 Å². The summed E-state index contributed by atoms with van der Waals surface area (Å²) in [6.07, 6.45) is 2.05. The van der Waals surface area contributed by atoms with Gasteiger partial charge in [0.15, 0.2) is 0 Å². The first kappa shape index (κ1) is 16.2. The highest BCUT2D eigenvalue weighted by atomic mass is 16.1. The summed E-state index contributed by atoms with van der Waals surface area (Å²) in [5, 5.41) is 4.29. The van der Waals surface area contributed by atoms with Crippen LogP contribution in [0.4, 0.5) is 0 Å². The van der Waals surface area contributed by atoms with E-state index in [1.54, 1.807) is 0 Å². The number of hydrogen-bond acceptors (Lipinski definition) is 1. The van der Waals surface area contributed by atoms with Crippen molar-refractivity contribution < 1.29 is 4.79 Å². The first-order valence-corrected chi connectivity index (χ1v) is 8.77. The van der Waals surface area contributed by atoms with Gasteiger partial charge in [0.05, 0.1) is 0 Å². The van der Waals surface area contributed by atoms with E-state index in [0.29, 0.717) is 12.1 Å². The molecule has 4 rings (SSSR count). The number of hydrogen-bond donors (Lipinski definition) is 2. The maximum atomic E-state index is 12.5. The van der Waals surface area contributed by atoms with E-state index in [1.165, 1.54) is 16.5 Å². The highest BCUT2D eigenvalue weighted by molar-refractivity contribution is 5.94. The van der Waals surface area contributed by atoms with Crippen molar-refractivity contribution >= 4 is 16.8 Å². The monoisotopic (exact) mass is 340 g/mol. The van der Waals surface area contributed by atoms with Gasteiger partial charge in [-0.1, -0.05) is 66.7 Å². The zero-order chi connectivity index (χ0) is 17.8. The third-order valence-electron chi connectivity index (χ3n) is 4.70. The van der Waals surface area contributed by atoms with E-state index in [2.05, 4.69) is 40.8 Å². The van der Waals surface area contributed by atoms with E-state index in [0.717, 1.165) is 5.52 Å². The molecule has 3 aromatic carbocycles. The van der Waals surface area contributed by atoms with Gasteiger partial charge in [0, 0.05) is 35.1 Å². The Bertz CT molecular complexity index is 1010. The molecule has 0 unspecified atom stereocenters. The van der Waals surface area contributed by atoms with Gasteiger partial charge in [0.1, 0.15) is 0 Å². The smallest absolute Gasteiger partial charge is 0.251 e. The number of aromatic nitrogens is 1. The summed E-state index contributed by atoms with van der Waals surface area (Å²) in [5.41, 5.74) is 4.17. The molecule has 3 nitrogen and oxygen atoms in total. The van der Waals surface area contributed by atoms with Gasteiger partial charge in [-0.2, -0.15) is 0 Å². The molecule has 1 heterocycles. The predicted octanol–water partition coefficient (Wildman–Crippen LogP) is 4.73. The van der Waals surface area contributed by atoms with Crippen molar-refractivity contribution in [2.45, 2.75) is 5.92 Å². The molecule has 26 heavy (non-hydrogen) atoms. The zero-order valence-electron chi connectivity index (χ0n) is 14.4. The first-order chi connectivity index (χ1) is 12.8. The fourth-order valence-corrected chi connectivity index (χ4v) is 3.36. The average Bonchev–Trinajstić information content (AvgIpc) is 3.14. The van der Waals surface area contributed by atoms with E-state index in [9.17, 15) is 4.79 Å². The highest BCUT2D eigenvalue weighted by Crippen LogP contribution is 2.30. The number of nitrogens with one attached hydrogen (secondary N) is 2. The van der Waals surface area contributed by atoms with Crippen LogP contribution in [0.5, 0.6) is 0 Å². The maximum Gasteiger partial charge on any atom is 0.251 e. The lowest BCUT2D eigenvalue weighted by atomic mass is 9.91. The molecule has 0 fully saturated rings. The van der Waals surface area contributed by atoms with Gasteiger partial charge >= 0.3 is 0 Å². The lowest BCUT2D eigenvalue weighted by Crippen LogP contribution is -2.28. The Kier molecular flexibility index (Phi) is 4.52. The van der Waals surface area contributed by atoms with Gasteiger partial charge in [-0.25, -0.2) is 0 Å². The Hall–Kier alpha value is -3.33. The van der Waals surface area contributed by atoms with Crippen LogP contribution in [0.25, 0.3) is 10.9 Å². The first-order valence-electron chi connectivity index (χ1n) is 8.77. The summed E-state index contributed by atoms with van der Waals surface area (Å²) in [6.45, 7) is 0.541. The van der Waals surface area contributed by atoms with Crippen LogP contribution in [0.2, 0.25) is 0 Å². The van der Waals surface area contributed by atoms with Crippen molar-refractivity contribution in [3.63, 3.8) is 0 Å². The number of fused-ring (bicyclic) bond motifs is 1. The largest absolute Gasteiger partial charge is 0.361 e. The molecule has 0 saturated heterocycles. The van der Waals surface area contributed by atoms with E-state index in [4.69, 9.17) is 0 Å². The van der Waals surface area contributed by atoms with Crippen LogP contribution in [0.1, 0.15) is 27.4 Å². The number of para-hydroxylation sites is 1. The Labute approximate surface area is 152 Å². The van der Waals surface area contributed by atoms with Crippen molar-refractivity contribution in [3.05, 3.63) is 108 Å². The summed E-state index contributed by atoms with van der Waals surface area (Å²) in [4.78, 5) is 15.8. The quantitative estimate of drug-likeness (QED) is 0.542. The number of H-pyrrole nitrogens is 1. The van der Waals surface area contributed by atoms with Crippen LogP contribution >= 0.6 is 0 Å². The van der Waals surface area contributed by atoms with Crippen LogP contribution in [0, 0.1) is 0 Å². The lowest BCUT2D eigenvalue weighted by Gasteiger charge is -2.18. The van der Waals surface area contributed by atoms with Gasteiger partial charge in [-0.3, -0.25) is 4.79 Å². The summed E-state index contributed by atoms with van der Waals surface area (Å²) in [6, 6.07) is 27.9. The van der Waals surface area contributed by atoms with Crippen LogP contribution in [-0.4, -0.2) is 17.4 Å². The number of aromatic amines is 1. The normalized spacial score (nSPS) is 12.0. The minimum absolute atomic E-state index is 0.0497. The highest BCUT2D eigenvalue weighted by Gasteiger charge is 2.19. The molecular weight excluding hydrogens is 320 g/mol. The van der Waals surface area contributed by atoms with Crippen LogP contribution < -0.4 is 5.32 Å². The van der Waals surface area contributed by atoms with Crippen molar-refractivity contribution in [2.75, 3.05) is 6.54 Å². The van der Waals surface area contributed by atoms with Gasteiger partial charge in [0.2, 0.25) is 0 Å². The van der Waals surface area contributed by atoms with E-state index in [-0.39, 0.29) is 11.8 Å². The van der Waals surface area contributed by atoms with Gasteiger partial charge in [-0.05, 0) is 29.3 Å². The molecule has 128 valence electrons. The molecule has 0 aliphatic carbocycles. The fraction of sp³-hybridized carbons (Fsp3) is 0.0870. The van der Waals surface area contributed by atoms with Crippen LogP contribution in [0.15, 0.2) is 91.1 Å². The molecule has 0 bridgehead atoms. The second-order valence-electron chi connectivity index (χ2n) is 6.33. The number of amides is 1. The summed E-state index contributed by atoms with van der Waals surface area (Å²) in [7, 11) is 0. The molecule has 1 amide bonds. The molecule has 3 heteroatoms. The fourth-order valence-electron chi connectivity index (χ4n) is 3.36. The number of benzene rings is 3. The second kappa shape index (κ2) is 7.28. The summed E-state index contributed by atoms with van der Waals surface area (Å²) in [5.74, 6) is 0.0337. The van der Waals surface area contributed by atoms with Crippen molar-refractivity contribution in [1.29, 1.82) is 0 Å². The van der Waals surface area contributed by atoms with E-state index >= 15 is 0 Å². The summed E-state index contributed by atoms with van der Waals surface area (Å²) < 4.78 is 0. The van der Waals surface area contributed by atoms with Crippen molar-refractivity contribution in [1.82, 2.24) is 10.3 Å². The standard InChI is InChI=1S/C23H20N2O/c26-23(18-11-5-2-6-12-18)25-15-20(17-9-3-1-4-10-17)21-16-24-22-14-8-7-13-19(21)22/h1-14,16,20,24H,15H2,(H,25,26)/t20-/m0/s1. The van der Waals surface area contributed by atoms with E-state index in [1.807, 2.05) is 60.7 Å². The molecule has 0 saturated carbocycles. The minimum atomic E-state index is -0.0497. The second-order valence-corrected chi connectivity index (χ2v) is 6.33. The number of rotatable bonds is 5. The molecular formula is C23H20N2O. The maximum absolute atomic E-state index is 12.5. The molecule has 2 N–H and O–H groups in total. The Morgan fingerprint density at radius 3 is 2.27 bits per heavy atom. The van der Waals surface area contributed by atoms with Gasteiger partial charge < -0.3 is 10.3 Å². The predicted molar refractivity (Wildman–Crippen MR) is 105 cm³/mol. The molecule has 0 aliphatic rings. The summed E-state index contributed by atoms with van der Waals surface area (Å²) >= 11 is 0. The average molecular weight is 340 g/mol. The molecule has 1 atom stereocenters. The molecule has 0 aliphatic heterocycles. The molecule has 0 radical (unpaired) electrons. The zero-order valence-corrected chi connectivity index (χ0v) is 14.4. The topological polar surface area (TPSA) is 44.9 Å². The van der Waals surface area contributed by atoms with Gasteiger partial charge in [-0.15, -0.1) is 0 Å². The van der Waals surface area contributed by atoms with E-state index < -0.39 is 0 Å². The van der Waals surface area contributed by atoms with Crippen LogP contribution in [-0.2, 0) is 0 Å². The molecule has 0 spiro atoms. The van der Waals surface area contributed by atoms with Crippen molar-refractivity contribution in [2.24, 2.45) is 0 Å². The third kappa shape index (κ3) is 3.24. The Balaban J connectivity index is 1.65. The molecule has 1 aromatic heterocycles. The Morgan fingerprint density at radius 1 is 0.846 bits per heavy atom. The Morgan fingerprint density at radius 2 is 1.50 bits per heavy atom. The minimum Gasteiger partial charge on any atom is -0.361 e. The SMILES string of the molecule is O=C(NC[C@@H](c1ccccc1)c1c[nH]c2ccccc12)c1ccccc1. The number of carbonyl (C=O) groups excluding carboxylic acids is 1. The molecule has 4 aromatic rings.